The van der Waals surface area contributed by atoms with Gasteiger partial charge in [0.2, 0.25) is 0 Å². The normalized spacial score (nSPS) is 11.5. The fourth-order valence-corrected chi connectivity index (χ4v) is 2.08. The Balaban J connectivity index is -0.00000180. The van der Waals surface area contributed by atoms with Crippen molar-refractivity contribution in [2.45, 2.75) is 71.1 Å². The Hall–Kier alpha value is 1.95. The van der Waals surface area contributed by atoms with Crippen LogP contribution < -0.4 is 0 Å². The number of rotatable bonds is 13. The molecule has 0 heterocycles. The minimum atomic E-state index is -1.06. The van der Waals surface area contributed by atoms with E-state index in [0.717, 1.165) is 12.8 Å². The molecule has 0 aromatic carbocycles. The fraction of sp³-hybridized carbons (Fsp3) is 0.750. The van der Waals surface area contributed by atoms with E-state index in [4.69, 9.17) is 10.2 Å². The first kappa shape index (κ1) is 28.7. The second kappa shape index (κ2) is 21.0. The average molecular weight is 363 g/mol. The van der Waals surface area contributed by atoms with E-state index in [1.807, 2.05) is 6.08 Å². The van der Waals surface area contributed by atoms with Gasteiger partial charge in [-0.25, -0.2) is 0 Å². The van der Waals surface area contributed by atoms with Crippen molar-refractivity contribution < 1.29 is 19.8 Å². The van der Waals surface area contributed by atoms with Crippen molar-refractivity contribution in [1.29, 1.82) is 0 Å². The van der Waals surface area contributed by atoms with Gasteiger partial charge >= 0.3 is 11.9 Å². The zero-order valence-electron chi connectivity index (χ0n) is 14.5. The summed E-state index contributed by atoms with van der Waals surface area (Å²) in [6.07, 6.45) is 13.5. The van der Waals surface area contributed by atoms with Crippen molar-refractivity contribution in [2.24, 2.45) is 5.92 Å². The van der Waals surface area contributed by atoms with Crippen LogP contribution in [0.3, 0.4) is 0 Å². The minimum absolute atomic E-state index is 0. The van der Waals surface area contributed by atoms with Gasteiger partial charge in [0.05, 0.1) is 12.3 Å². The fourth-order valence-electron chi connectivity index (χ4n) is 2.08. The average Bonchev–Trinajstić information content (AvgIpc) is 2.39. The Kier molecular flexibility index (Phi) is 27.4. The van der Waals surface area contributed by atoms with Gasteiger partial charge in [0.1, 0.15) is 0 Å². The molecule has 0 aliphatic rings. The largest absolute Gasteiger partial charge is 0.481 e. The third-order valence-corrected chi connectivity index (χ3v) is 3.33. The number of carboxylic acid groups (broad SMARTS) is 2. The van der Waals surface area contributed by atoms with Crippen molar-refractivity contribution in [3.8, 4) is 0 Å². The van der Waals surface area contributed by atoms with Crippen LogP contribution in [0.1, 0.15) is 71.1 Å². The summed E-state index contributed by atoms with van der Waals surface area (Å²) >= 11 is 0. The molecule has 0 bridgehead atoms. The Bertz CT molecular complexity index is 307. The van der Waals surface area contributed by atoms with Gasteiger partial charge in [-0.1, -0.05) is 57.6 Å². The summed E-state index contributed by atoms with van der Waals surface area (Å²) in [5.74, 6) is -2.90. The molecule has 2 N–H and O–H groups in total. The predicted molar refractivity (Wildman–Crippen MR) is 91.3 cm³/mol. The van der Waals surface area contributed by atoms with E-state index in [1.54, 1.807) is 6.08 Å². The first-order valence-electron chi connectivity index (χ1n) is 7.67. The zero-order valence-corrected chi connectivity index (χ0v) is 20.8. The molecule has 4 nitrogen and oxygen atoms in total. The molecular weight excluding hydrogens is 334 g/mol. The molecule has 0 aliphatic carbocycles. The first-order chi connectivity index (χ1) is 9.57. The minimum Gasteiger partial charge on any atom is -0.481 e. The molecule has 22 heavy (non-hydrogen) atoms. The Morgan fingerprint density at radius 3 is 1.95 bits per heavy atom. The predicted octanol–water partition coefficient (Wildman–Crippen LogP) is 3.49. The van der Waals surface area contributed by atoms with Crippen LogP contribution in [0.2, 0.25) is 0 Å². The monoisotopic (exact) mass is 362 g/mol. The molecule has 0 spiro atoms. The summed E-state index contributed by atoms with van der Waals surface area (Å²) < 4.78 is 0. The van der Waals surface area contributed by atoms with Gasteiger partial charge in [0.15, 0.2) is 0 Å². The third-order valence-electron chi connectivity index (χ3n) is 3.33. The van der Waals surface area contributed by atoms with E-state index in [1.165, 1.54) is 38.5 Å². The van der Waals surface area contributed by atoms with Crippen molar-refractivity contribution in [3.05, 3.63) is 12.2 Å². The van der Waals surface area contributed by atoms with Crippen LogP contribution in [0, 0.1) is 5.92 Å². The quantitative estimate of drug-likeness (QED) is 0.299. The number of hydrogen-bond donors (Lipinski definition) is 2. The number of aliphatic carboxylic acids is 2. The molecule has 0 saturated heterocycles. The molecule has 6 heteroatoms. The Morgan fingerprint density at radius 1 is 0.909 bits per heavy atom. The summed E-state index contributed by atoms with van der Waals surface area (Å²) in [6, 6.07) is 0. The molecule has 2 radical (unpaired) electrons. The molecule has 118 valence electrons. The molecular formula is C16H28K2O4. The first-order valence-corrected chi connectivity index (χ1v) is 7.67. The molecule has 0 saturated carbocycles. The number of carboxylic acids is 2. The van der Waals surface area contributed by atoms with E-state index >= 15 is 0 Å². The smallest absolute Gasteiger partial charge is 0.307 e. The van der Waals surface area contributed by atoms with Crippen LogP contribution in [0.15, 0.2) is 12.2 Å². The molecule has 0 aromatic rings. The Labute approximate surface area is 219 Å². The standard InChI is InChI=1S/C16H28O4.2K/c1-2-3-4-5-6-7-8-9-10-11-12-14(16(19)20)13-15(17)18;;/h10-11,14H,2-9,12-13H2,1H3,(H,17,18)(H,19,20);;. The second-order valence-electron chi connectivity index (χ2n) is 5.25. The molecule has 0 aromatic heterocycles. The van der Waals surface area contributed by atoms with Gasteiger partial charge < -0.3 is 10.2 Å². The maximum Gasteiger partial charge on any atom is 0.307 e. The van der Waals surface area contributed by atoms with Crippen LogP contribution in [0.4, 0.5) is 0 Å². The molecule has 0 fully saturated rings. The van der Waals surface area contributed by atoms with E-state index in [2.05, 4.69) is 6.92 Å². The van der Waals surface area contributed by atoms with Crippen molar-refractivity contribution in [1.82, 2.24) is 0 Å². The van der Waals surface area contributed by atoms with Gasteiger partial charge in [-0.2, -0.15) is 0 Å². The van der Waals surface area contributed by atoms with Crippen LogP contribution in [0.25, 0.3) is 0 Å². The van der Waals surface area contributed by atoms with E-state index in [0.29, 0.717) is 6.42 Å². The SMILES string of the molecule is CCCCCCCCCC=CCC(CC(=O)O)C(=O)O.[K].[K]. The van der Waals surface area contributed by atoms with Crippen LogP contribution in [0.5, 0.6) is 0 Å². The van der Waals surface area contributed by atoms with Gasteiger partial charge in [-0.3, -0.25) is 9.59 Å². The van der Waals surface area contributed by atoms with Gasteiger partial charge in [0.25, 0.3) is 0 Å². The molecule has 1 atom stereocenters. The summed E-state index contributed by atoms with van der Waals surface area (Å²) in [6.45, 7) is 2.21. The maximum absolute atomic E-state index is 10.8. The van der Waals surface area contributed by atoms with Gasteiger partial charge in [-0.05, 0) is 19.3 Å². The Morgan fingerprint density at radius 2 is 1.45 bits per heavy atom. The number of unbranched alkanes of at least 4 members (excludes halogenated alkanes) is 7. The van der Waals surface area contributed by atoms with Crippen molar-refractivity contribution in [2.75, 3.05) is 0 Å². The molecule has 0 amide bonds. The number of allylic oxidation sites excluding steroid dienone is 2. The summed E-state index contributed by atoms with van der Waals surface area (Å²) in [5.41, 5.74) is 0. The van der Waals surface area contributed by atoms with Gasteiger partial charge in [-0.15, -0.1) is 0 Å². The van der Waals surface area contributed by atoms with E-state index in [9.17, 15) is 9.59 Å². The zero-order chi connectivity index (χ0) is 15.2. The van der Waals surface area contributed by atoms with E-state index < -0.39 is 17.9 Å². The summed E-state index contributed by atoms with van der Waals surface area (Å²) in [7, 11) is 0. The van der Waals surface area contributed by atoms with Gasteiger partial charge in [0, 0.05) is 103 Å². The second-order valence-corrected chi connectivity index (χ2v) is 5.25. The molecule has 0 aliphatic heterocycles. The number of carbonyl (C=O) groups is 2. The van der Waals surface area contributed by atoms with Crippen molar-refractivity contribution >= 4 is 115 Å². The van der Waals surface area contributed by atoms with E-state index in [-0.39, 0.29) is 109 Å². The van der Waals surface area contributed by atoms with Crippen LogP contribution in [-0.4, -0.2) is 125 Å². The number of hydrogen-bond acceptors (Lipinski definition) is 2. The maximum atomic E-state index is 10.8. The van der Waals surface area contributed by atoms with Crippen LogP contribution >= 0.6 is 0 Å². The van der Waals surface area contributed by atoms with Crippen LogP contribution in [-0.2, 0) is 9.59 Å². The third kappa shape index (κ3) is 20.0. The summed E-state index contributed by atoms with van der Waals surface area (Å²) in [4.78, 5) is 21.3. The molecule has 1 unspecified atom stereocenters. The molecule has 0 rings (SSSR count). The topological polar surface area (TPSA) is 74.6 Å². The van der Waals surface area contributed by atoms with Crippen molar-refractivity contribution in [3.63, 3.8) is 0 Å². The summed E-state index contributed by atoms with van der Waals surface area (Å²) in [5, 5.41) is 17.5.